The summed E-state index contributed by atoms with van der Waals surface area (Å²) in [6.07, 6.45) is 1.80. The fourth-order valence-electron chi connectivity index (χ4n) is 3.42. The van der Waals surface area contributed by atoms with Crippen LogP contribution in [0.2, 0.25) is 0 Å². The lowest BCUT2D eigenvalue weighted by Crippen LogP contribution is -2.62. The van der Waals surface area contributed by atoms with Gasteiger partial charge in [0.2, 0.25) is 0 Å². The Kier molecular flexibility index (Phi) is 4.19. The number of likely N-dealkylation sites (tertiary alicyclic amines) is 1. The molecule has 1 saturated carbocycles. The zero-order valence-electron chi connectivity index (χ0n) is 13.0. The molecular weight excluding hydrogens is 274 g/mol. The van der Waals surface area contributed by atoms with Crippen LogP contribution in [-0.2, 0) is 9.53 Å². The fraction of sp³-hybridized carbons (Fsp3) is 0.867. The first-order valence-corrected chi connectivity index (χ1v) is 7.57. The van der Waals surface area contributed by atoms with Crippen LogP contribution in [0.3, 0.4) is 0 Å². The molecule has 0 aromatic heterocycles. The van der Waals surface area contributed by atoms with E-state index in [-0.39, 0.29) is 18.9 Å². The number of aliphatic hydroxyl groups is 1. The summed E-state index contributed by atoms with van der Waals surface area (Å²) >= 11 is 0. The third-order valence-corrected chi connectivity index (χ3v) is 4.39. The summed E-state index contributed by atoms with van der Waals surface area (Å²) < 4.78 is 5.41. The molecule has 0 radical (unpaired) electrons. The molecule has 1 unspecified atom stereocenters. The highest BCUT2D eigenvalue weighted by Gasteiger charge is 2.58. The molecule has 1 heterocycles. The van der Waals surface area contributed by atoms with Crippen molar-refractivity contribution in [2.24, 2.45) is 5.41 Å². The van der Waals surface area contributed by atoms with Gasteiger partial charge < -0.3 is 19.8 Å². The smallest absolute Gasteiger partial charge is 0.410 e. The lowest BCUT2D eigenvalue weighted by atomic mass is 9.60. The topological polar surface area (TPSA) is 87.1 Å². The Hall–Kier alpha value is -1.30. The van der Waals surface area contributed by atoms with Crippen molar-refractivity contribution in [3.05, 3.63) is 0 Å². The molecule has 0 bridgehead atoms. The van der Waals surface area contributed by atoms with Crippen LogP contribution in [-0.4, -0.2) is 51.5 Å². The number of ether oxygens (including phenoxy) is 1. The van der Waals surface area contributed by atoms with Gasteiger partial charge in [-0.1, -0.05) is 0 Å². The number of hydrogen-bond acceptors (Lipinski definition) is 4. The van der Waals surface area contributed by atoms with Crippen LogP contribution in [0, 0.1) is 5.41 Å². The van der Waals surface area contributed by atoms with Crippen LogP contribution in [0.1, 0.15) is 52.9 Å². The molecule has 2 fully saturated rings. The number of carboxylic acid groups (broad SMARTS) is 1. The van der Waals surface area contributed by atoms with E-state index in [0.29, 0.717) is 13.0 Å². The fourth-order valence-corrected chi connectivity index (χ4v) is 3.42. The monoisotopic (exact) mass is 299 g/mol. The molecule has 1 saturated heterocycles. The van der Waals surface area contributed by atoms with Crippen LogP contribution in [0.25, 0.3) is 0 Å². The normalized spacial score (nSPS) is 33.2. The van der Waals surface area contributed by atoms with Gasteiger partial charge in [0.1, 0.15) is 5.60 Å². The highest BCUT2D eigenvalue weighted by atomic mass is 16.6. The van der Waals surface area contributed by atoms with Gasteiger partial charge in [-0.15, -0.1) is 0 Å². The predicted octanol–water partition coefficient (Wildman–Crippen LogP) is 2.00. The summed E-state index contributed by atoms with van der Waals surface area (Å²) in [6.45, 7) is 5.91. The van der Waals surface area contributed by atoms with Gasteiger partial charge in [-0.3, -0.25) is 4.79 Å². The standard InChI is InChI=1S/C15H25NO5/c1-14(2,3)21-13(20)16-7-5-4-6-11(16)15(12(18)19)8-10(17)9-15/h10-11,17H,4-9H2,1-3H3,(H,18,19). The molecule has 0 spiro atoms. The van der Waals surface area contributed by atoms with Crippen molar-refractivity contribution in [1.82, 2.24) is 4.90 Å². The first-order valence-electron chi connectivity index (χ1n) is 7.57. The van der Waals surface area contributed by atoms with E-state index in [0.717, 1.165) is 12.8 Å². The summed E-state index contributed by atoms with van der Waals surface area (Å²) in [5.74, 6) is -0.923. The van der Waals surface area contributed by atoms with E-state index in [1.54, 1.807) is 25.7 Å². The Morgan fingerprint density at radius 3 is 2.33 bits per heavy atom. The molecule has 2 rings (SSSR count). The Morgan fingerprint density at radius 2 is 1.86 bits per heavy atom. The van der Waals surface area contributed by atoms with E-state index >= 15 is 0 Å². The number of carboxylic acids is 1. The average Bonchev–Trinajstić information content (AvgIpc) is 2.32. The second kappa shape index (κ2) is 5.48. The first-order chi connectivity index (χ1) is 9.66. The Morgan fingerprint density at radius 1 is 1.24 bits per heavy atom. The van der Waals surface area contributed by atoms with Gasteiger partial charge in [-0.25, -0.2) is 4.79 Å². The van der Waals surface area contributed by atoms with E-state index in [1.807, 2.05) is 0 Å². The maximum Gasteiger partial charge on any atom is 0.410 e. The van der Waals surface area contributed by atoms with E-state index in [1.165, 1.54) is 0 Å². The zero-order valence-corrected chi connectivity index (χ0v) is 13.0. The highest BCUT2D eigenvalue weighted by molar-refractivity contribution is 5.79. The van der Waals surface area contributed by atoms with Crippen molar-refractivity contribution in [2.45, 2.75) is 70.6 Å². The van der Waals surface area contributed by atoms with Crippen molar-refractivity contribution >= 4 is 12.1 Å². The first kappa shape index (κ1) is 16.1. The minimum Gasteiger partial charge on any atom is -0.481 e. The molecular formula is C15H25NO5. The van der Waals surface area contributed by atoms with Gasteiger partial charge in [0, 0.05) is 6.54 Å². The number of amides is 1. The second-order valence-corrected chi connectivity index (χ2v) is 7.21. The Balaban J connectivity index is 2.19. The highest BCUT2D eigenvalue weighted by Crippen LogP contribution is 2.49. The van der Waals surface area contributed by atoms with Crippen LogP contribution in [0.4, 0.5) is 4.79 Å². The number of nitrogens with zero attached hydrogens (tertiary/aromatic N) is 1. The summed E-state index contributed by atoms with van der Waals surface area (Å²) in [5, 5.41) is 19.2. The minimum absolute atomic E-state index is 0.215. The van der Waals surface area contributed by atoms with Gasteiger partial charge in [-0.05, 0) is 52.9 Å². The maximum absolute atomic E-state index is 12.4. The lowest BCUT2D eigenvalue weighted by Gasteiger charge is -2.52. The van der Waals surface area contributed by atoms with Crippen molar-refractivity contribution in [3.63, 3.8) is 0 Å². The molecule has 2 aliphatic rings. The number of rotatable bonds is 2. The molecule has 6 nitrogen and oxygen atoms in total. The SMILES string of the molecule is CC(C)(C)OC(=O)N1CCCCC1C1(C(=O)O)CC(O)C1. The number of piperidine rings is 1. The summed E-state index contributed by atoms with van der Waals surface area (Å²) in [7, 11) is 0. The number of hydrogen-bond donors (Lipinski definition) is 2. The van der Waals surface area contributed by atoms with Crippen molar-refractivity contribution in [1.29, 1.82) is 0 Å². The van der Waals surface area contributed by atoms with Gasteiger partial charge in [0.15, 0.2) is 0 Å². The third kappa shape index (κ3) is 3.15. The van der Waals surface area contributed by atoms with Crippen LogP contribution in [0.5, 0.6) is 0 Å². The Bertz CT molecular complexity index is 422. The van der Waals surface area contributed by atoms with Crippen LogP contribution in [0.15, 0.2) is 0 Å². The predicted molar refractivity (Wildman–Crippen MR) is 75.9 cm³/mol. The number of carbonyl (C=O) groups excluding carboxylic acids is 1. The van der Waals surface area contributed by atoms with E-state index in [4.69, 9.17) is 4.74 Å². The molecule has 21 heavy (non-hydrogen) atoms. The van der Waals surface area contributed by atoms with E-state index in [2.05, 4.69) is 0 Å². The van der Waals surface area contributed by atoms with Crippen LogP contribution < -0.4 is 0 Å². The molecule has 0 aromatic carbocycles. The molecule has 120 valence electrons. The number of aliphatic hydroxyl groups excluding tert-OH is 1. The number of carbonyl (C=O) groups is 2. The van der Waals surface area contributed by atoms with Crippen LogP contribution >= 0.6 is 0 Å². The van der Waals surface area contributed by atoms with Gasteiger partial charge in [-0.2, -0.15) is 0 Å². The van der Waals surface area contributed by atoms with E-state index in [9.17, 15) is 19.8 Å². The molecule has 1 aliphatic carbocycles. The van der Waals surface area contributed by atoms with Crippen molar-refractivity contribution in [3.8, 4) is 0 Å². The maximum atomic E-state index is 12.4. The Labute approximate surface area is 125 Å². The zero-order chi connectivity index (χ0) is 15.8. The molecule has 1 atom stereocenters. The molecule has 6 heteroatoms. The minimum atomic E-state index is -1.02. The van der Waals surface area contributed by atoms with Gasteiger partial charge in [0.25, 0.3) is 0 Å². The molecule has 1 amide bonds. The molecule has 1 aliphatic heterocycles. The molecule has 2 N–H and O–H groups in total. The summed E-state index contributed by atoms with van der Waals surface area (Å²) in [4.78, 5) is 25.6. The van der Waals surface area contributed by atoms with Crippen molar-refractivity contribution in [2.75, 3.05) is 6.54 Å². The van der Waals surface area contributed by atoms with Gasteiger partial charge in [0.05, 0.1) is 17.6 Å². The summed E-state index contributed by atoms with van der Waals surface area (Å²) in [6, 6.07) is -0.387. The third-order valence-electron chi connectivity index (χ3n) is 4.39. The second-order valence-electron chi connectivity index (χ2n) is 7.21. The van der Waals surface area contributed by atoms with E-state index < -0.39 is 29.2 Å². The van der Waals surface area contributed by atoms with Crippen molar-refractivity contribution < 1.29 is 24.5 Å². The number of aliphatic carboxylic acids is 1. The largest absolute Gasteiger partial charge is 0.481 e. The quantitative estimate of drug-likeness (QED) is 0.814. The average molecular weight is 299 g/mol. The molecule has 0 aromatic rings. The lowest BCUT2D eigenvalue weighted by molar-refractivity contribution is -0.174. The summed E-state index contributed by atoms with van der Waals surface area (Å²) in [5.41, 5.74) is -1.62. The van der Waals surface area contributed by atoms with Gasteiger partial charge >= 0.3 is 12.1 Å².